The number of hydrogen-bond donors (Lipinski definition) is 3. The number of anilines is 1. The fourth-order valence-corrected chi connectivity index (χ4v) is 2.43. The number of aromatic amines is 1. The average molecular weight is 282 g/mol. The maximum Gasteiger partial charge on any atom is 0.276 e. The highest BCUT2D eigenvalue weighted by Crippen LogP contribution is 2.24. The Morgan fingerprint density at radius 3 is 2.85 bits per heavy atom. The van der Waals surface area contributed by atoms with Gasteiger partial charge < -0.3 is 20.5 Å². The number of aliphatic hydroxyl groups excluding tert-OH is 1. The number of morpholine rings is 1. The molecule has 1 saturated heterocycles. The van der Waals surface area contributed by atoms with Crippen molar-refractivity contribution >= 4 is 11.6 Å². The van der Waals surface area contributed by atoms with Gasteiger partial charge in [-0.25, -0.2) is 0 Å². The van der Waals surface area contributed by atoms with Crippen molar-refractivity contribution in [2.75, 3.05) is 25.4 Å². The van der Waals surface area contributed by atoms with Gasteiger partial charge in [0.05, 0.1) is 30.2 Å². The molecule has 7 heteroatoms. The lowest BCUT2D eigenvalue weighted by atomic mass is 10.1. The van der Waals surface area contributed by atoms with Crippen molar-refractivity contribution in [3.05, 3.63) is 11.4 Å². The molecule has 4 N–H and O–H groups in total. The van der Waals surface area contributed by atoms with Gasteiger partial charge in [-0.05, 0) is 12.8 Å². The van der Waals surface area contributed by atoms with Crippen LogP contribution in [0.15, 0.2) is 0 Å². The van der Waals surface area contributed by atoms with Crippen molar-refractivity contribution in [1.29, 1.82) is 0 Å². The lowest BCUT2D eigenvalue weighted by molar-refractivity contribution is -0.0859. The van der Waals surface area contributed by atoms with Crippen molar-refractivity contribution in [3.8, 4) is 0 Å². The summed E-state index contributed by atoms with van der Waals surface area (Å²) < 4.78 is 5.52. The molecule has 1 fully saturated rings. The largest absolute Gasteiger partial charge is 0.395 e. The van der Waals surface area contributed by atoms with Crippen LogP contribution in [0, 0.1) is 0 Å². The van der Waals surface area contributed by atoms with E-state index in [1.54, 1.807) is 4.90 Å². The van der Waals surface area contributed by atoms with Crippen molar-refractivity contribution in [3.63, 3.8) is 0 Å². The van der Waals surface area contributed by atoms with Gasteiger partial charge in [-0.1, -0.05) is 13.8 Å². The SMILES string of the molecule is CC1CN(C(=O)c2n[nH]c(C(C)C)c2N)CC(CO)O1. The Kier molecular flexibility index (Phi) is 4.29. The van der Waals surface area contributed by atoms with Crippen LogP contribution >= 0.6 is 0 Å². The van der Waals surface area contributed by atoms with Crippen molar-refractivity contribution in [1.82, 2.24) is 15.1 Å². The predicted octanol–water partition coefficient (Wildman–Crippen LogP) is 0.337. The molecule has 1 aliphatic heterocycles. The van der Waals surface area contributed by atoms with E-state index in [9.17, 15) is 9.90 Å². The van der Waals surface area contributed by atoms with Crippen LogP contribution in [-0.4, -0.2) is 58.0 Å². The van der Waals surface area contributed by atoms with Crippen LogP contribution in [0.3, 0.4) is 0 Å². The van der Waals surface area contributed by atoms with Crippen LogP contribution in [0.25, 0.3) is 0 Å². The lowest BCUT2D eigenvalue weighted by Gasteiger charge is -2.35. The number of rotatable bonds is 3. The third kappa shape index (κ3) is 2.78. The number of ether oxygens (including phenoxy) is 1. The zero-order valence-electron chi connectivity index (χ0n) is 12.1. The number of amides is 1. The molecule has 20 heavy (non-hydrogen) atoms. The van der Waals surface area contributed by atoms with Gasteiger partial charge in [-0.15, -0.1) is 0 Å². The van der Waals surface area contributed by atoms with Gasteiger partial charge in [-0.3, -0.25) is 9.89 Å². The van der Waals surface area contributed by atoms with Crippen LogP contribution in [0.4, 0.5) is 5.69 Å². The summed E-state index contributed by atoms with van der Waals surface area (Å²) >= 11 is 0. The molecule has 0 bridgehead atoms. The van der Waals surface area contributed by atoms with E-state index < -0.39 is 0 Å². The van der Waals surface area contributed by atoms with E-state index in [2.05, 4.69) is 10.2 Å². The van der Waals surface area contributed by atoms with E-state index >= 15 is 0 Å². The van der Waals surface area contributed by atoms with Crippen LogP contribution in [0.2, 0.25) is 0 Å². The van der Waals surface area contributed by atoms with E-state index in [4.69, 9.17) is 10.5 Å². The van der Waals surface area contributed by atoms with Crippen molar-refractivity contribution < 1.29 is 14.6 Å². The fourth-order valence-electron chi connectivity index (χ4n) is 2.43. The Hall–Kier alpha value is -1.60. The summed E-state index contributed by atoms with van der Waals surface area (Å²) in [6.45, 7) is 6.55. The number of carbonyl (C=O) groups is 1. The molecule has 0 aliphatic carbocycles. The first-order valence-corrected chi connectivity index (χ1v) is 6.83. The highest BCUT2D eigenvalue weighted by atomic mass is 16.5. The number of aliphatic hydroxyl groups is 1. The summed E-state index contributed by atoms with van der Waals surface area (Å²) in [5.41, 5.74) is 7.42. The number of nitrogens with two attached hydrogens (primary N) is 1. The lowest BCUT2D eigenvalue weighted by Crippen LogP contribution is -2.50. The molecule has 0 aromatic carbocycles. The van der Waals surface area contributed by atoms with Crippen LogP contribution in [0.1, 0.15) is 42.9 Å². The quantitative estimate of drug-likeness (QED) is 0.741. The van der Waals surface area contributed by atoms with Crippen LogP contribution < -0.4 is 5.73 Å². The second kappa shape index (κ2) is 5.80. The van der Waals surface area contributed by atoms with Gasteiger partial charge in [-0.2, -0.15) is 5.10 Å². The summed E-state index contributed by atoms with van der Waals surface area (Å²) in [4.78, 5) is 14.1. The molecular weight excluding hydrogens is 260 g/mol. The molecule has 2 heterocycles. The molecule has 1 aromatic heterocycles. The Balaban J connectivity index is 2.18. The Morgan fingerprint density at radius 1 is 1.60 bits per heavy atom. The Labute approximate surface area is 118 Å². The highest BCUT2D eigenvalue weighted by Gasteiger charge is 2.31. The fraction of sp³-hybridized carbons (Fsp3) is 0.692. The number of aromatic nitrogens is 2. The van der Waals surface area contributed by atoms with Crippen LogP contribution in [0.5, 0.6) is 0 Å². The normalized spacial score (nSPS) is 23.4. The topological polar surface area (TPSA) is 104 Å². The molecule has 112 valence electrons. The average Bonchev–Trinajstić information content (AvgIpc) is 2.79. The third-order valence-corrected chi connectivity index (χ3v) is 3.43. The molecule has 0 radical (unpaired) electrons. The number of nitrogens with zero attached hydrogens (tertiary/aromatic N) is 2. The highest BCUT2D eigenvalue weighted by molar-refractivity contribution is 5.97. The first-order chi connectivity index (χ1) is 9.43. The Morgan fingerprint density at radius 2 is 2.30 bits per heavy atom. The maximum absolute atomic E-state index is 12.5. The van der Waals surface area contributed by atoms with Crippen molar-refractivity contribution in [2.45, 2.75) is 38.9 Å². The van der Waals surface area contributed by atoms with Crippen molar-refractivity contribution in [2.24, 2.45) is 0 Å². The molecule has 0 saturated carbocycles. The first-order valence-electron chi connectivity index (χ1n) is 6.83. The number of H-pyrrole nitrogens is 1. The van der Waals surface area contributed by atoms with Gasteiger partial charge in [0.15, 0.2) is 5.69 Å². The first kappa shape index (κ1) is 14.8. The minimum atomic E-state index is -0.354. The number of nitrogens with one attached hydrogen (secondary N) is 1. The van der Waals surface area contributed by atoms with E-state index in [1.165, 1.54) is 0 Å². The van der Waals surface area contributed by atoms with Gasteiger partial charge in [0.2, 0.25) is 0 Å². The minimum Gasteiger partial charge on any atom is -0.395 e. The summed E-state index contributed by atoms with van der Waals surface area (Å²) in [5, 5.41) is 16.1. The molecule has 0 spiro atoms. The van der Waals surface area contributed by atoms with E-state index in [-0.39, 0.29) is 36.3 Å². The summed E-state index contributed by atoms with van der Waals surface area (Å²) in [6, 6.07) is 0. The molecule has 7 nitrogen and oxygen atoms in total. The molecule has 1 aromatic rings. The maximum atomic E-state index is 12.5. The molecule has 2 rings (SSSR count). The third-order valence-electron chi connectivity index (χ3n) is 3.43. The molecular formula is C13H22N4O3. The summed E-state index contributed by atoms with van der Waals surface area (Å²) in [6.07, 6.45) is -0.470. The number of carbonyl (C=O) groups excluding carboxylic acids is 1. The predicted molar refractivity (Wildman–Crippen MR) is 74.4 cm³/mol. The second-order valence-corrected chi connectivity index (χ2v) is 5.52. The van der Waals surface area contributed by atoms with Gasteiger partial charge >= 0.3 is 0 Å². The molecule has 2 unspecified atom stereocenters. The van der Waals surface area contributed by atoms with E-state index in [0.717, 1.165) is 5.69 Å². The minimum absolute atomic E-state index is 0.110. The smallest absolute Gasteiger partial charge is 0.276 e. The molecule has 1 aliphatic rings. The number of nitrogen functional groups attached to an aromatic ring is 1. The summed E-state index contributed by atoms with van der Waals surface area (Å²) in [5.74, 6) is -0.0443. The molecule has 2 atom stereocenters. The standard InChI is InChI=1S/C13H22N4O3/c1-7(2)11-10(14)12(16-15-11)13(19)17-4-8(3)20-9(5-17)6-18/h7-9,18H,4-6,14H2,1-3H3,(H,15,16). The molecule has 1 amide bonds. The second-order valence-electron chi connectivity index (χ2n) is 5.52. The van der Waals surface area contributed by atoms with Gasteiger partial charge in [0.25, 0.3) is 5.91 Å². The zero-order chi connectivity index (χ0) is 14.9. The van der Waals surface area contributed by atoms with E-state index in [1.807, 2.05) is 20.8 Å². The van der Waals surface area contributed by atoms with Crippen LogP contribution in [-0.2, 0) is 4.74 Å². The van der Waals surface area contributed by atoms with Gasteiger partial charge in [0, 0.05) is 13.1 Å². The summed E-state index contributed by atoms with van der Waals surface area (Å²) in [7, 11) is 0. The van der Waals surface area contributed by atoms with Gasteiger partial charge in [0.1, 0.15) is 0 Å². The van der Waals surface area contributed by atoms with E-state index in [0.29, 0.717) is 18.8 Å². The number of hydrogen-bond acceptors (Lipinski definition) is 5. The zero-order valence-corrected chi connectivity index (χ0v) is 12.1. The Bertz CT molecular complexity index is 486. The monoisotopic (exact) mass is 282 g/mol.